The summed E-state index contributed by atoms with van der Waals surface area (Å²) in [4.78, 5) is 16.1. The van der Waals surface area contributed by atoms with Crippen LogP contribution in [0.1, 0.15) is 32.6 Å². The van der Waals surface area contributed by atoms with Crippen molar-refractivity contribution < 1.29 is 0 Å². The molecule has 2 aromatic heterocycles. The second kappa shape index (κ2) is 4.92. The van der Waals surface area contributed by atoms with Crippen molar-refractivity contribution in [3.05, 3.63) is 22.9 Å². The van der Waals surface area contributed by atoms with Crippen molar-refractivity contribution in [3.8, 4) is 0 Å². The summed E-state index contributed by atoms with van der Waals surface area (Å²) in [6.07, 6.45) is 7.73. The molecule has 0 radical (unpaired) electrons. The van der Waals surface area contributed by atoms with Crippen molar-refractivity contribution in [1.29, 1.82) is 0 Å². The van der Waals surface area contributed by atoms with Gasteiger partial charge in [-0.2, -0.15) is 5.10 Å². The second-order valence-corrected chi connectivity index (χ2v) is 3.94. The van der Waals surface area contributed by atoms with Gasteiger partial charge in [0.2, 0.25) is 0 Å². The van der Waals surface area contributed by atoms with Gasteiger partial charge < -0.3 is 0 Å². The number of rotatable bonds is 5. The molecule has 0 unspecified atom stereocenters. The Morgan fingerprint density at radius 1 is 1.38 bits per heavy atom. The highest BCUT2D eigenvalue weighted by Crippen LogP contribution is 2.03. The van der Waals surface area contributed by atoms with Gasteiger partial charge in [0.25, 0.3) is 5.56 Å². The standard InChI is InChI=1S/C11H16N4O/c1-2-3-4-5-6-15-8-12-10-9(11(15)16)7-13-14-10/h7-8H,2-6H2,1H3,(H,13,14). The highest BCUT2D eigenvalue weighted by atomic mass is 16.1. The smallest absolute Gasteiger partial charge is 0.264 e. The third-order valence-electron chi connectivity index (χ3n) is 2.69. The van der Waals surface area contributed by atoms with E-state index in [2.05, 4.69) is 22.1 Å². The highest BCUT2D eigenvalue weighted by molar-refractivity contribution is 5.71. The molecule has 0 aromatic carbocycles. The van der Waals surface area contributed by atoms with Crippen molar-refractivity contribution in [2.45, 2.75) is 39.2 Å². The molecular formula is C11H16N4O. The number of hydrogen-bond donors (Lipinski definition) is 1. The highest BCUT2D eigenvalue weighted by Gasteiger charge is 2.04. The zero-order valence-corrected chi connectivity index (χ0v) is 9.44. The maximum Gasteiger partial charge on any atom is 0.264 e. The van der Waals surface area contributed by atoms with Crippen LogP contribution < -0.4 is 5.56 Å². The molecule has 1 N–H and O–H groups in total. The van der Waals surface area contributed by atoms with Crippen LogP contribution in [0.25, 0.3) is 11.0 Å². The van der Waals surface area contributed by atoms with Gasteiger partial charge in [-0.1, -0.05) is 26.2 Å². The molecule has 0 spiro atoms. The van der Waals surface area contributed by atoms with E-state index in [1.165, 1.54) is 19.0 Å². The molecule has 2 rings (SSSR count). The van der Waals surface area contributed by atoms with E-state index >= 15 is 0 Å². The lowest BCUT2D eigenvalue weighted by atomic mass is 10.2. The van der Waals surface area contributed by atoms with Gasteiger partial charge >= 0.3 is 0 Å². The lowest BCUT2D eigenvalue weighted by Crippen LogP contribution is -2.20. The van der Waals surface area contributed by atoms with Gasteiger partial charge in [0.05, 0.1) is 12.5 Å². The lowest BCUT2D eigenvalue weighted by molar-refractivity contribution is 0.567. The van der Waals surface area contributed by atoms with Crippen LogP contribution in [-0.2, 0) is 6.54 Å². The molecule has 0 fully saturated rings. The van der Waals surface area contributed by atoms with E-state index in [1.807, 2.05) is 0 Å². The second-order valence-electron chi connectivity index (χ2n) is 3.94. The molecule has 0 saturated heterocycles. The van der Waals surface area contributed by atoms with Gasteiger partial charge in [0.1, 0.15) is 5.39 Å². The predicted octanol–water partition coefficient (Wildman–Crippen LogP) is 1.70. The van der Waals surface area contributed by atoms with Crippen LogP contribution in [0.2, 0.25) is 0 Å². The number of nitrogens with zero attached hydrogens (tertiary/aromatic N) is 3. The molecule has 2 heterocycles. The minimum absolute atomic E-state index is 0.00440. The molecule has 0 bridgehead atoms. The van der Waals surface area contributed by atoms with E-state index < -0.39 is 0 Å². The van der Waals surface area contributed by atoms with Gasteiger partial charge in [-0.25, -0.2) is 4.98 Å². The SMILES string of the molecule is CCCCCCn1cnc2[nH]ncc2c1=O. The molecule has 5 nitrogen and oxygen atoms in total. The van der Waals surface area contributed by atoms with E-state index in [-0.39, 0.29) is 5.56 Å². The molecule has 0 atom stereocenters. The minimum atomic E-state index is -0.00440. The average Bonchev–Trinajstić information content (AvgIpc) is 2.76. The van der Waals surface area contributed by atoms with E-state index in [0.717, 1.165) is 19.4 Å². The predicted molar refractivity (Wildman–Crippen MR) is 62.3 cm³/mol. The molecule has 16 heavy (non-hydrogen) atoms. The van der Waals surface area contributed by atoms with Crippen LogP contribution in [0.3, 0.4) is 0 Å². The summed E-state index contributed by atoms with van der Waals surface area (Å²) in [6, 6.07) is 0. The summed E-state index contributed by atoms with van der Waals surface area (Å²) in [6.45, 7) is 2.91. The molecule has 0 amide bonds. The fraction of sp³-hybridized carbons (Fsp3) is 0.545. The van der Waals surface area contributed by atoms with E-state index in [4.69, 9.17) is 0 Å². The van der Waals surface area contributed by atoms with Crippen molar-refractivity contribution in [3.63, 3.8) is 0 Å². The van der Waals surface area contributed by atoms with Gasteiger partial charge in [0.15, 0.2) is 5.65 Å². The summed E-state index contributed by atoms with van der Waals surface area (Å²) in [5.41, 5.74) is 0.560. The zero-order valence-electron chi connectivity index (χ0n) is 9.44. The maximum absolute atomic E-state index is 11.9. The monoisotopic (exact) mass is 220 g/mol. The largest absolute Gasteiger partial charge is 0.299 e. The fourth-order valence-electron chi connectivity index (χ4n) is 1.74. The third kappa shape index (κ3) is 2.13. The van der Waals surface area contributed by atoms with Gasteiger partial charge in [-0.3, -0.25) is 14.5 Å². The van der Waals surface area contributed by atoms with Gasteiger partial charge in [-0.15, -0.1) is 0 Å². The lowest BCUT2D eigenvalue weighted by Gasteiger charge is -2.03. The van der Waals surface area contributed by atoms with Crippen molar-refractivity contribution in [2.24, 2.45) is 0 Å². The normalized spacial score (nSPS) is 11.1. The first-order chi connectivity index (χ1) is 7.83. The Bertz CT molecular complexity index is 514. The Morgan fingerprint density at radius 2 is 2.25 bits per heavy atom. The molecule has 5 heteroatoms. The van der Waals surface area contributed by atoms with Crippen molar-refractivity contribution in [2.75, 3.05) is 0 Å². The zero-order chi connectivity index (χ0) is 11.4. The molecule has 2 aromatic rings. The number of aryl methyl sites for hydroxylation is 1. The summed E-state index contributed by atoms with van der Waals surface area (Å²) in [7, 11) is 0. The maximum atomic E-state index is 11.9. The Labute approximate surface area is 93.5 Å². The van der Waals surface area contributed by atoms with Gasteiger partial charge in [-0.05, 0) is 6.42 Å². The number of hydrogen-bond acceptors (Lipinski definition) is 3. The van der Waals surface area contributed by atoms with Crippen molar-refractivity contribution >= 4 is 11.0 Å². The summed E-state index contributed by atoms with van der Waals surface area (Å²) >= 11 is 0. The summed E-state index contributed by atoms with van der Waals surface area (Å²) in [5.74, 6) is 0. The summed E-state index contributed by atoms with van der Waals surface area (Å²) < 4.78 is 1.66. The first kappa shape index (κ1) is 10.9. The van der Waals surface area contributed by atoms with E-state index in [0.29, 0.717) is 11.0 Å². The quantitative estimate of drug-likeness (QED) is 0.780. The van der Waals surface area contributed by atoms with Gasteiger partial charge in [0, 0.05) is 6.54 Å². The third-order valence-corrected chi connectivity index (χ3v) is 2.69. The van der Waals surface area contributed by atoms with Crippen LogP contribution in [0, 0.1) is 0 Å². The molecule has 0 aliphatic rings. The molecule has 0 aliphatic heterocycles. The first-order valence-corrected chi connectivity index (χ1v) is 5.71. The number of fused-ring (bicyclic) bond motifs is 1. The van der Waals surface area contributed by atoms with Crippen LogP contribution in [0.4, 0.5) is 0 Å². The number of H-pyrrole nitrogens is 1. The number of unbranched alkanes of at least 4 members (excludes halogenated alkanes) is 3. The molecule has 0 saturated carbocycles. The van der Waals surface area contributed by atoms with Crippen LogP contribution in [-0.4, -0.2) is 19.7 Å². The minimum Gasteiger partial charge on any atom is -0.299 e. The number of aromatic amines is 1. The molecule has 86 valence electrons. The molecule has 0 aliphatic carbocycles. The molecular weight excluding hydrogens is 204 g/mol. The van der Waals surface area contributed by atoms with Crippen molar-refractivity contribution in [1.82, 2.24) is 19.7 Å². The Hall–Kier alpha value is -1.65. The number of aromatic nitrogens is 4. The summed E-state index contributed by atoms with van der Waals surface area (Å²) in [5, 5.41) is 7.07. The van der Waals surface area contributed by atoms with E-state index in [1.54, 1.807) is 10.9 Å². The Kier molecular flexibility index (Phi) is 3.34. The van der Waals surface area contributed by atoms with E-state index in [9.17, 15) is 4.79 Å². The fourth-order valence-corrected chi connectivity index (χ4v) is 1.74. The topological polar surface area (TPSA) is 63.6 Å². The number of nitrogens with one attached hydrogen (secondary N) is 1. The average molecular weight is 220 g/mol. The van der Waals surface area contributed by atoms with Crippen LogP contribution in [0.5, 0.6) is 0 Å². The van der Waals surface area contributed by atoms with Crippen LogP contribution in [0.15, 0.2) is 17.3 Å². The first-order valence-electron chi connectivity index (χ1n) is 5.71. The Morgan fingerprint density at radius 3 is 3.06 bits per heavy atom. The van der Waals surface area contributed by atoms with Crippen LogP contribution >= 0.6 is 0 Å². The Balaban J connectivity index is 2.12.